The summed E-state index contributed by atoms with van der Waals surface area (Å²) < 4.78 is 5.52. The number of piperidine rings is 1. The minimum atomic E-state index is -0.304. The summed E-state index contributed by atoms with van der Waals surface area (Å²) in [5.74, 6) is 3.09. The molecule has 0 amide bonds. The van der Waals surface area contributed by atoms with Gasteiger partial charge in [0.05, 0.1) is 25.8 Å². The van der Waals surface area contributed by atoms with E-state index in [9.17, 15) is 19.8 Å². The molecule has 3 heterocycles. The second-order valence-corrected chi connectivity index (χ2v) is 23.0. The Bertz CT molecular complexity index is 2440. The van der Waals surface area contributed by atoms with Gasteiger partial charge in [0.15, 0.2) is 17.3 Å². The summed E-state index contributed by atoms with van der Waals surface area (Å²) in [6.45, 7) is 3.82. The highest BCUT2D eigenvalue weighted by atomic mass is 16.5. The van der Waals surface area contributed by atoms with Gasteiger partial charge in [-0.05, 0) is 208 Å². The lowest BCUT2D eigenvalue weighted by atomic mass is 9.57. The van der Waals surface area contributed by atoms with Gasteiger partial charge in [-0.2, -0.15) is 0 Å². The monoisotopic (exact) mass is 992 g/mol. The Kier molecular flexibility index (Phi) is 18.6. The van der Waals surface area contributed by atoms with Crippen LogP contribution in [0, 0.1) is 35.0 Å². The van der Waals surface area contributed by atoms with Crippen molar-refractivity contribution in [1.82, 2.24) is 21.3 Å². The van der Waals surface area contributed by atoms with Crippen LogP contribution in [-0.4, -0.2) is 79.4 Å². The van der Waals surface area contributed by atoms with E-state index in [0.717, 1.165) is 113 Å². The normalized spacial score (nSPS) is 27.6. The van der Waals surface area contributed by atoms with Gasteiger partial charge in [-0.15, -0.1) is 0 Å². The van der Waals surface area contributed by atoms with Gasteiger partial charge in [-0.1, -0.05) is 92.1 Å². The van der Waals surface area contributed by atoms with E-state index in [1.165, 1.54) is 68.4 Å². The molecule has 6 aliphatic rings. The molecule has 9 atom stereocenters. The first-order chi connectivity index (χ1) is 35.6. The zero-order chi connectivity index (χ0) is 50.6. The van der Waals surface area contributed by atoms with Gasteiger partial charge in [-0.3, -0.25) is 9.59 Å². The Hall–Kier alpha value is -4.84. The number of benzene rings is 3. The topological polar surface area (TPSA) is 158 Å². The number of hydrogen-bond donors (Lipinski definition) is 7. The van der Waals surface area contributed by atoms with E-state index in [1.54, 1.807) is 18.2 Å². The lowest BCUT2D eigenvalue weighted by molar-refractivity contribution is -0.124. The summed E-state index contributed by atoms with van der Waals surface area (Å²) in [4.78, 5) is 27.3. The van der Waals surface area contributed by atoms with E-state index in [0.29, 0.717) is 66.8 Å². The number of carbonyl (C=O) groups is 2. The number of aliphatic hydroxyl groups excluding tert-OH is 1. The van der Waals surface area contributed by atoms with Gasteiger partial charge in [0.25, 0.3) is 0 Å². The van der Waals surface area contributed by atoms with Gasteiger partial charge >= 0.3 is 0 Å². The maximum absolute atomic E-state index is 13.7. The van der Waals surface area contributed by atoms with Crippen LogP contribution in [0.2, 0.25) is 0 Å². The zero-order valence-electron chi connectivity index (χ0n) is 43.7. The average molecular weight is 992 g/mol. The number of aliphatic hydroxyl groups is 1. The second kappa shape index (κ2) is 25.6. The van der Waals surface area contributed by atoms with Crippen molar-refractivity contribution >= 4 is 17.6 Å². The fourth-order valence-electron chi connectivity index (χ4n) is 14.2. The number of fused-ring (bicyclic) bond motifs is 2. The number of Topliss-reactive ketones (excluding diaryl/α,β-unsaturated/α-hetero) is 1. The molecule has 0 radical (unpaired) electrons. The number of allylic oxidation sites excluding steroid dienone is 3. The SMILES string of the molecule is COc1cc(/C=C/C(=O)CC(=O)CCC[C@@]2(C[C@H]3[C@H]4CCNC[C@@H]4C[C@@H]4C=CCN[C@H]34)CC[C@@H](NC[C@H](O)C3CCCCC3)C2)c(CC2=CNC(N)C=C2CCc2cccc(CCc3ccccc3)c2)cc1O. The third-order valence-corrected chi connectivity index (χ3v) is 18.0. The third-order valence-electron chi connectivity index (χ3n) is 18.0. The van der Waals surface area contributed by atoms with Crippen molar-refractivity contribution in [2.75, 3.05) is 33.3 Å². The number of phenolic OH excluding ortho intramolecular Hbond substituents is 1. The fraction of sp³-hybridized carbons (Fsp3) is 0.556. The predicted octanol–water partition coefficient (Wildman–Crippen LogP) is 9.62. The van der Waals surface area contributed by atoms with Crippen LogP contribution in [0.5, 0.6) is 11.5 Å². The van der Waals surface area contributed by atoms with Crippen LogP contribution >= 0.6 is 0 Å². The molecule has 10 nitrogen and oxygen atoms in total. The number of dihydropyridines is 1. The zero-order valence-corrected chi connectivity index (χ0v) is 43.7. The maximum Gasteiger partial charge on any atom is 0.163 e. The summed E-state index contributed by atoms with van der Waals surface area (Å²) in [6, 6.07) is 23.8. The number of nitrogens with two attached hydrogens (primary N) is 1. The van der Waals surface area contributed by atoms with Crippen molar-refractivity contribution in [2.24, 2.45) is 40.7 Å². The number of nitrogens with one attached hydrogen (secondary N) is 4. The highest BCUT2D eigenvalue weighted by Crippen LogP contribution is 2.53. The first kappa shape index (κ1) is 53.0. The maximum atomic E-state index is 13.7. The third kappa shape index (κ3) is 14.3. The molecule has 10 heteroatoms. The van der Waals surface area contributed by atoms with E-state index in [1.807, 2.05) is 6.20 Å². The van der Waals surface area contributed by atoms with Crippen LogP contribution in [0.15, 0.2) is 108 Å². The predicted molar refractivity (Wildman–Crippen MR) is 294 cm³/mol. The van der Waals surface area contributed by atoms with E-state index in [2.05, 4.69) is 94.1 Å². The molecule has 9 rings (SSSR count). The van der Waals surface area contributed by atoms with E-state index in [4.69, 9.17) is 10.5 Å². The molecule has 3 aliphatic carbocycles. The van der Waals surface area contributed by atoms with Crippen LogP contribution < -0.4 is 31.7 Å². The lowest BCUT2D eigenvalue weighted by Crippen LogP contribution is -2.56. The number of phenols is 1. The molecule has 392 valence electrons. The van der Waals surface area contributed by atoms with Crippen LogP contribution in [0.4, 0.5) is 0 Å². The highest BCUT2D eigenvalue weighted by molar-refractivity contribution is 6.06. The molecular weight excluding hydrogens is 907 g/mol. The second-order valence-electron chi connectivity index (χ2n) is 23.0. The Balaban J connectivity index is 0.822. The molecule has 1 saturated heterocycles. The summed E-state index contributed by atoms with van der Waals surface area (Å²) in [5, 5.41) is 37.0. The van der Waals surface area contributed by atoms with Crippen LogP contribution in [-0.2, 0) is 35.3 Å². The summed E-state index contributed by atoms with van der Waals surface area (Å²) in [7, 11) is 1.52. The Morgan fingerprint density at radius 2 is 1.74 bits per heavy atom. The van der Waals surface area contributed by atoms with Crippen molar-refractivity contribution in [3.8, 4) is 11.5 Å². The van der Waals surface area contributed by atoms with Crippen molar-refractivity contribution < 1.29 is 24.5 Å². The number of ether oxygens (including phenoxy) is 1. The minimum absolute atomic E-state index is 0.0156. The number of aromatic hydroxyl groups is 1. The molecule has 8 N–H and O–H groups in total. The van der Waals surface area contributed by atoms with Crippen molar-refractivity contribution in [2.45, 2.75) is 153 Å². The number of ketones is 2. The van der Waals surface area contributed by atoms with Crippen molar-refractivity contribution in [3.05, 3.63) is 136 Å². The molecular formula is C63H85N5O5. The lowest BCUT2D eigenvalue weighted by Gasteiger charge is -2.52. The molecule has 0 aromatic heterocycles. The molecule has 3 aromatic carbocycles. The van der Waals surface area contributed by atoms with Gasteiger partial charge in [0, 0.05) is 37.8 Å². The Morgan fingerprint density at radius 3 is 2.56 bits per heavy atom. The van der Waals surface area contributed by atoms with Crippen molar-refractivity contribution in [1.29, 1.82) is 0 Å². The number of rotatable bonds is 23. The van der Waals surface area contributed by atoms with Crippen molar-refractivity contribution in [3.63, 3.8) is 0 Å². The number of carbonyl (C=O) groups excluding carboxylic acids is 2. The molecule has 0 bridgehead atoms. The molecule has 1 unspecified atom stereocenters. The van der Waals surface area contributed by atoms with Crippen LogP contribution in [0.3, 0.4) is 0 Å². The molecule has 3 aliphatic heterocycles. The molecule has 3 aromatic rings. The van der Waals surface area contributed by atoms with Crippen LogP contribution in [0.25, 0.3) is 6.08 Å². The smallest absolute Gasteiger partial charge is 0.163 e. The summed E-state index contributed by atoms with van der Waals surface area (Å²) >= 11 is 0. The molecule has 4 fully saturated rings. The Labute approximate surface area is 436 Å². The molecule has 3 saturated carbocycles. The summed E-state index contributed by atoms with van der Waals surface area (Å²) in [5.41, 5.74) is 14.2. The molecule has 0 spiro atoms. The van der Waals surface area contributed by atoms with E-state index < -0.39 is 0 Å². The number of aryl methyl sites for hydroxylation is 3. The van der Waals surface area contributed by atoms with Crippen LogP contribution in [0.1, 0.15) is 131 Å². The fourth-order valence-corrected chi connectivity index (χ4v) is 14.2. The standard InChI is InChI=1S/C63H85N5O5/c1-73-60-35-47(50(34-58(60)71)33-51-41-68-61(64)36-48(51)22-21-45-14-8-13-44(31-45)20-19-43-11-4-2-5-12-43)23-24-55(70)37-54(69)18-9-27-63(28-25-53(38-63)67-42-59(72)46-15-6-3-7-16-46)39-57-56-26-30-65-40-52(56)32-49-17-10-29-66-62(49)57/h2,4-5,8,10-14,17,23-24,31,34-36,41,46,49,52-53,56-57,59,61-62,65-68,71-72H,3,6-7,9,15-16,18-22,25-30,32-33,37-40,42,64H2,1H3/b24-23+/t49-,52-,53+,56-,57-,59-,61?,62-,63+/m0/s1. The molecule has 73 heavy (non-hydrogen) atoms. The first-order valence-corrected chi connectivity index (χ1v) is 28.3. The highest BCUT2D eigenvalue weighted by Gasteiger charge is 2.49. The van der Waals surface area contributed by atoms with Gasteiger partial charge in [0.2, 0.25) is 0 Å². The number of methoxy groups -OCH3 is 1. The quantitative estimate of drug-likeness (QED) is 0.0277. The van der Waals surface area contributed by atoms with E-state index in [-0.39, 0.29) is 41.4 Å². The van der Waals surface area contributed by atoms with Gasteiger partial charge in [0.1, 0.15) is 5.78 Å². The van der Waals surface area contributed by atoms with Gasteiger partial charge < -0.3 is 42.0 Å². The van der Waals surface area contributed by atoms with Gasteiger partial charge in [-0.25, -0.2) is 0 Å². The first-order valence-electron chi connectivity index (χ1n) is 28.3. The minimum Gasteiger partial charge on any atom is -0.504 e. The number of hydrogen-bond acceptors (Lipinski definition) is 10. The summed E-state index contributed by atoms with van der Waals surface area (Å²) in [6.07, 6.45) is 30.7. The Morgan fingerprint density at radius 1 is 0.945 bits per heavy atom. The largest absolute Gasteiger partial charge is 0.504 e. The van der Waals surface area contributed by atoms with E-state index >= 15 is 0 Å². The average Bonchev–Trinajstić information content (AvgIpc) is 3.82.